The third kappa shape index (κ3) is 3.88. The number of carbonyl (C=O) groups excluding carboxylic acids is 1. The molecule has 0 saturated carbocycles. The Morgan fingerprint density at radius 1 is 1.09 bits per heavy atom. The lowest BCUT2D eigenvalue weighted by Crippen LogP contribution is -2.41. The van der Waals surface area contributed by atoms with Gasteiger partial charge in [0.2, 0.25) is 5.91 Å². The standard InChI is InChI=1S/C19H23NO2/c1-14-7-5-6-8-15(14)13-18(21)20-19(2,3)16-9-11-17(22-4)12-10-16/h5-12H,13H2,1-4H3,(H,20,21). The quantitative estimate of drug-likeness (QED) is 0.915. The van der Waals surface area contributed by atoms with Gasteiger partial charge in [-0.1, -0.05) is 36.4 Å². The molecule has 1 amide bonds. The number of ether oxygens (including phenoxy) is 1. The zero-order chi connectivity index (χ0) is 16.2. The molecule has 0 bridgehead atoms. The van der Waals surface area contributed by atoms with Crippen molar-refractivity contribution in [2.24, 2.45) is 0 Å². The molecule has 1 N–H and O–H groups in total. The highest BCUT2D eigenvalue weighted by molar-refractivity contribution is 5.79. The van der Waals surface area contributed by atoms with Gasteiger partial charge in [-0.3, -0.25) is 4.79 Å². The SMILES string of the molecule is COc1ccc(C(C)(C)NC(=O)Cc2ccccc2C)cc1. The Labute approximate surface area is 132 Å². The van der Waals surface area contributed by atoms with Crippen molar-refractivity contribution >= 4 is 5.91 Å². The molecule has 0 aromatic heterocycles. The van der Waals surface area contributed by atoms with E-state index in [4.69, 9.17) is 4.74 Å². The van der Waals surface area contributed by atoms with E-state index in [9.17, 15) is 4.79 Å². The molecule has 0 spiro atoms. The molecule has 116 valence electrons. The van der Waals surface area contributed by atoms with Gasteiger partial charge >= 0.3 is 0 Å². The van der Waals surface area contributed by atoms with Gasteiger partial charge in [0.25, 0.3) is 0 Å². The van der Waals surface area contributed by atoms with Gasteiger partial charge in [-0.15, -0.1) is 0 Å². The fourth-order valence-corrected chi connectivity index (χ4v) is 2.45. The molecule has 22 heavy (non-hydrogen) atoms. The molecule has 0 atom stereocenters. The second-order valence-electron chi connectivity index (χ2n) is 6.00. The molecule has 0 saturated heterocycles. The summed E-state index contributed by atoms with van der Waals surface area (Å²) >= 11 is 0. The predicted octanol–water partition coefficient (Wildman–Crippen LogP) is 3.60. The maximum Gasteiger partial charge on any atom is 0.225 e. The van der Waals surface area contributed by atoms with Crippen molar-refractivity contribution < 1.29 is 9.53 Å². The second kappa shape index (κ2) is 6.65. The molecule has 0 fully saturated rings. The van der Waals surface area contributed by atoms with E-state index in [0.29, 0.717) is 6.42 Å². The van der Waals surface area contributed by atoms with E-state index >= 15 is 0 Å². The average molecular weight is 297 g/mol. The number of amides is 1. The Morgan fingerprint density at radius 3 is 2.32 bits per heavy atom. The number of hydrogen-bond acceptors (Lipinski definition) is 2. The van der Waals surface area contributed by atoms with Crippen LogP contribution in [0.4, 0.5) is 0 Å². The third-order valence-corrected chi connectivity index (χ3v) is 3.88. The molecule has 0 unspecified atom stereocenters. The minimum Gasteiger partial charge on any atom is -0.497 e. The van der Waals surface area contributed by atoms with Gasteiger partial charge in [0.15, 0.2) is 0 Å². The lowest BCUT2D eigenvalue weighted by Gasteiger charge is -2.27. The van der Waals surface area contributed by atoms with E-state index in [0.717, 1.165) is 22.4 Å². The summed E-state index contributed by atoms with van der Waals surface area (Å²) in [7, 11) is 1.64. The van der Waals surface area contributed by atoms with Crippen LogP contribution in [0.15, 0.2) is 48.5 Å². The van der Waals surface area contributed by atoms with E-state index < -0.39 is 5.54 Å². The highest BCUT2D eigenvalue weighted by atomic mass is 16.5. The molecule has 0 aliphatic rings. The van der Waals surface area contributed by atoms with Crippen LogP contribution in [0.1, 0.15) is 30.5 Å². The minimum atomic E-state index is -0.425. The molecular formula is C19H23NO2. The predicted molar refractivity (Wildman–Crippen MR) is 89.0 cm³/mol. The normalized spacial score (nSPS) is 11.1. The number of rotatable bonds is 5. The lowest BCUT2D eigenvalue weighted by atomic mass is 9.93. The summed E-state index contributed by atoms with van der Waals surface area (Å²) in [6.45, 7) is 6.03. The molecule has 2 rings (SSSR count). The first-order valence-corrected chi connectivity index (χ1v) is 7.42. The van der Waals surface area contributed by atoms with Crippen LogP contribution in [0.5, 0.6) is 5.75 Å². The fourth-order valence-electron chi connectivity index (χ4n) is 2.45. The largest absolute Gasteiger partial charge is 0.497 e. The molecular weight excluding hydrogens is 274 g/mol. The molecule has 0 aliphatic heterocycles. The van der Waals surface area contributed by atoms with Gasteiger partial charge < -0.3 is 10.1 Å². The minimum absolute atomic E-state index is 0.0233. The van der Waals surface area contributed by atoms with Crippen molar-refractivity contribution in [1.29, 1.82) is 0 Å². The van der Waals surface area contributed by atoms with Gasteiger partial charge in [-0.05, 0) is 49.6 Å². The van der Waals surface area contributed by atoms with Crippen molar-refractivity contribution in [2.75, 3.05) is 7.11 Å². The summed E-state index contributed by atoms with van der Waals surface area (Å²) in [4.78, 5) is 12.3. The van der Waals surface area contributed by atoms with Gasteiger partial charge in [0.05, 0.1) is 19.1 Å². The average Bonchev–Trinajstić information content (AvgIpc) is 2.49. The van der Waals surface area contributed by atoms with E-state index in [-0.39, 0.29) is 5.91 Å². The summed E-state index contributed by atoms with van der Waals surface area (Å²) in [6.07, 6.45) is 0.395. The Bertz CT molecular complexity index is 645. The van der Waals surface area contributed by atoms with Crippen LogP contribution in [0.25, 0.3) is 0 Å². The first kappa shape index (κ1) is 16.1. The third-order valence-electron chi connectivity index (χ3n) is 3.88. The number of benzene rings is 2. The molecule has 0 aliphatic carbocycles. The van der Waals surface area contributed by atoms with Crippen molar-refractivity contribution in [1.82, 2.24) is 5.32 Å². The molecule has 2 aromatic carbocycles. The highest BCUT2D eigenvalue weighted by Gasteiger charge is 2.23. The zero-order valence-corrected chi connectivity index (χ0v) is 13.6. The Kier molecular flexibility index (Phi) is 4.86. The van der Waals surface area contributed by atoms with Gasteiger partial charge in [-0.2, -0.15) is 0 Å². The maximum absolute atomic E-state index is 12.3. The highest BCUT2D eigenvalue weighted by Crippen LogP contribution is 2.23. The van der Waals surface area contributed by atoms with Crippen molar-refractivity contribution in [3.8, 4) is 5.75 Å². The zero-order valence-electron chi connectivity index (χ0n) is 13.6. The van der Waals surface area contributed by atoms with Gasteiger partial charge in [0, 0.05) is 0 Å². The van der Waals surface area contributed by atoms with Crippen LogP contribution in [0.3, 0.4) is 0 Å². The van der Waals surface area contributed by atoms with Crippen LogP contribution in [0, 0.1) is 6.92 Å². The van der Waals surface area contributed by atoms with Crippen LogP contribution in [-0.2, 0) is 16.8 Å². The Morgan fingerprint density at radius 2 is 1.73 bits per heavy atom. The molecule has 3 heteroatoms. The summed E-state index contributed by atoms with van der Waals surface area (Å²) < 4.78 is 5.17. The molecule has 0 heterocycles. The lowest BCUT2D eigenvalue weighted by molar-refractivity contribution is -0.122. The number of aryl methyl sites for hydroxylation is 1. The Hall–Kier alpha value is -2.29. The van der Waals surface area contributed by atoms with Crippen LogP contribution in [-0.4, -0.2) is 13.0 Å². The number of nitrogens with one attached hydrogen (secondary N) is 1. The topological polar surface area (TPSA) is 38.3 Å². The number of carbonyl (C=O) groups is 1. The van der Waals surface area contributed by atoms with Gasteiger partial charge in [0.1, 0.15) is 5.75 Å². The summed E-state index contributed by atoms with van der Waals surface area (Å²) in [5.41, 5.74) is 2.82. The van der Waals surface area contributed by atoms with Gasteiger partial charge in [-0.25, -0.2) is 0 Å². The van der Waals surface area contributed by atoms with Crippen LogP contribution >= 0.6 is 0 Å². The number of methoxy groups -OCH3 is 1. The van der Waals surface area contributed by atoms with Crippen LogP contribution in [0.2, 0.25) is 0 Å². The molecule has 0 radical (unpaired) electrons. The first-order chi connectivity index (χ1) is 10.4. The summed E-state index contributed by atoms with van der Waals surface area (Å²) in [5.74, 6) is 0.834. The summed E-state index contributed by atoms with van der Waals surface area (Å²) in [6, 6.07) is 15.7. The smallest absolute Gasteiger partial charge is 0.225 e. The molecule has 2 aromatic rings. The van der Waals surface area contributed by atoms with Crippen molar-refractivity contribution in [3.05, 3.63) is 65.2 Å². The molecule has 3 nitrogen and oxygen atoms in total. The van der Waals surface area contributed by atoms with E-state index in [1.165, 1.54) is 0 Å². The second-order valence-corrected chi connectivity index (χ2v) is 6.00. The maximum atomic E-state index is 12.3. The van der Waals surface area contributed by atoms with Crippen LogP contribution < -0.4 is 10.1 Å². The van der Waals surface area contributed by atoms with Crippen molar-refractivity contribution in [3.63, 3.8) is 0 Å². The number of hydrogen-bond donors (Lipinski definition) is 1. The Balaban J connectivity index is 2.07. The first-order valence-electron chi connectivity index (χ1n) is 7.42. The monoisotopic (exact) mass is 297 g/mol. The fraction of sp³-hybridized carbons (Fsp3) is 0.316. The van der Waals surface area contributed by atoms with E-state index in [2.05, 4.69) is 5.32 Å². The summed E-state index contributed by atoms with van der Waals surface area (Å²) in [5, 5.41) is 3.11. The van der Waals surface area contributed by atoms with E-state index in [1.54, 1.807) is 7.11 Å². The van der Waals surface area contributed by atoms with Crippen molar-refractivity contribution in [2.45, 2.75) is 32.7 Å². The van der Waals surface area contributed by atoms with E-state index in [1.807, 2.05) is 69.3 Å².